The molecule has 0 aliphatic heterocycles. The average Bonchev–Trinajstić information content (AvgIpc) is 3.33. The van der Waals surface area contributed by atoms with Gasteiger partial charge in [0.05, 0.1) is 4.90 Å². The second kappa shape index (κ2) is 6.14. The van der Waals surface area contributed by atoms with E-state index in [0.717, 1.165) is 28.4 Å². The third-order valence-electron chi connectivity index (χ3n) is 3.87. The van der Waals surface area contributed by atoms with Crippen molar-refractivity contribution in [3.05, 3.63) is 64.1 Å². The van der Waals surface area contributed by atoms with Crippen molar-refractivity contribution in [1.82, 2.24) is 4.31 Å². The van der Waals surface area contributed by atoms with Gasteiger partial charge in [-0.1, -0.05) is 46.3 Å². The molecule has 0 unspecified atom stereocenters. The number of halogens is 1. The molecule has 5 heteroatoms. The van der Waals surface area contributed by atoms with Gasteiger partial charge < -0.3 is 0 Å². The summed E-state index contributed by atoms with van der Waals surface area (Å²) in [6.45, 7) is 2.34. The van der Waals surface area contributed by atoms with E-state index in [9.17, 15) is 8.42 Å². The summed E-state index contributed by atoms with van der Waals surface area (Å²) in [7, 11) is -3.46. The van der Waals surface area contributed by atoms with Crippen LogP contribution in [0.15, 0.2) is 57.9 Å². The highest BCUT2D eigenvalue weighted by molar-refractivity contribution is 9.10. The Labute approximate surface area is 140 Å². The molecule has 0 amide bonds. The van der Waals surface area contributed by atoms with Crippen LogP contribution in [0.25, 0.3) is 0 Å². The molecule has 1 fully saturated rings. The Kier molecular flexibility index (Phi) is 4.39. The molecule has 0 heterocycles. The zero-order chi connectivity index (χ0) is 15.7. The smallest absolute Gasteiger partial charge is 0.207 e. The Morgan fingerprint density at radius 2 is 1.82 bits per heavy atom. The zero-order valence-corrected chi connectivity index (χ0v) is 14.8. The largest absolute Gasteiger partial charge is 0.243 e. The van der Waals surface area contributed by atoms with Crippen molar-refractivity contribution >= 4 is 26.0 Å². The van der Waals surface area contributed by atoms with Gasteiger partial charge in [-0.05, 0) is 49.1 Å². The lowest BCUT2D eigenvalue weighted by atomic mass is 10.2. The zero-order valence-electron chi connectivity index (χ0n) is 12.4. The van der Waals surface area contributed by atoms with Crippen LogP contribution in [0.3, 0.4) is 0 Å². The van der Waals surface area contributed by atoms with Gasteiger partial charge in [-0.2, -0.15) is 4.31 Å². The van der Waals surface area contributed by atoms with Crippen LogP contribution in [0.1, 0.15) is 24.0 Å². The number of aryl methyl sites for hydroxylation is 1. The molecule has 0 saturated heterocycles. The van der Waals surface area contributed by atoms with Crippen LogP contribution < -0.4 is 0 Å². The second-order valence-electron chi connectivity index (χ2n) is 5.68. The maximum absolute atomic E-state index is 13.0. The number of benzene rings is 2. The topological polar surface area (TPSA) is 37.4 Å². The Balaban J connectivity index is 1.94. The minimum Gasteiger partial charge on any atom is -0.207 e. The molecule has 1 aliphatic rings. The van der Waals surface area contributed by atoms with Crippen LogP contribution in [0.5, 0.6) is 0 Å². The molecule has 0 spiro atoms. The van der Waals surface area contributed by atoms with Crippen LogP contribution in [0.2, 0.25) is 0 Å². The Hall–Kier alpha value is -1.17. The van der Waals surface area contributed by atoms with E-state index >= 15 is 0 Å². The highest BCUT2D eigenvalue weighted by atomic mass is 79.9. The van der Waals surface area contributed by atoms with E-state index in [4.69, 9.17) is 0 Å². The quantitative estimate of drug-likeness (QED) is 0.783. The van der Waals surface area contributed by atoms with Gasteiger partial charge in [0, 0.05) is 17.1 Å². The molecule has 0 atom stereocenters. The number of hydrogen-bond donors (Lipinski definition) is 0. The van der Waals surface area contributed by atoms with Gasteiger partial charge >= 0.3 is 0 Å². The normalized spacial score (nSPS) is 15.2. The highest BCUT2D eigenvalue weighted by Crippen LogP contribution is 2.34. The van der Waals surface area contributed by atoms with Gasteiger partial charge in [-0.3, -0.25) is 0 Å². The second-order valence-corrected chi connectivity index (χ2v) is 8.42. The van der Waals surface area contributed by atoms with Crippen LogP contribution in [-0.4, -0.2) is 18.8 Å². The summed E-state index contributed by atoms with van der Waals surface area (Å²) < 4.78 is 28.6. The molecule has 2 aromatic rings. The highest BCUT2D eigenvalue weighted by Gasteiger charge is 2.38. The summed E-state index contributed by atoms with van der Waals surface area (Å²) in [5.74, 6) is 0. The first kappa shape index (κ1) is 15.7. The monoisotopic (exact) mass is 379 g/mol. The van der Waals surface area contributed by atoms with Crippen LogP contribution in [-0.2, 0) is 16.6 Å². The van der Waals surface area contributed by atoms with Crippen molar-refractivity contribution < 1.29 is 8.42 Å². The maximum Gasteiger partial charge on any atom is 0.243 e. The molecule has 2 aromatic carbocycles. The molecule has 3 rings (SSSR count). The third kappa shape index (κ3) is 3.26. The van der Waals surface area contributed by atoms with Gasteiger partial charge in [0.25, 0.3) is 0 Å². The van der Waals surface area contributed by atoms with E-state index in [1.54, 1.807) is 22.5 Å². The molecule has 0 N–H and O–H groups in total. The van der Waals surface area contributed by atoms with E-state index in [1.165, 1.54) is 0 Å². The molecule has 22 heavy (non-hydrogen) atoms. The Morgan fingerprint density at radius 1 is 1.14 bits per heavy atom. The first-order valence-corrected chi connectivity index (χ1v) is 9.54. The summed E-state index contributed by atoms with van der Waals surface area (Å²) >= 11 is 3.42. The summed E-state index contributed by atoms with van der Waals surface area (Å²) in [5, 5.41) is 0. The van der Waals surface area contributed by atoms with Crippen molar-refractivity contribution in [2.45, 2.75) is 37.2 Å². The minimum atomic E-state index is -3.46. The maximum atomic E-state index is 13.0. The lowest BCUT2D eigenvalue weighted by molar-refractivity contribution is 0.398. The molecular weight excluding hydrogens is 362 g/mol. The third-order valence-corrected chi connectivity index (χ3v) is 6.66. The fourth-order valence-electron chi connectivity index (χ4n) is 2.45. The fraction of sp³-hybridized carbons (Fsp3) is 0.294. The fourth-order valence-corrected chi connectivity index (χ4v) is 4.45. The van der Waals surface area contributed by atoms with Gasteiger partial charge in [-0.25, -0.2) is 8.42 Å². The SMILES string of the molecule is Cc1cc(S(=O)(=O)N(Cc2ccccc2)C2CC2)ccc1Br. The van der Waals surface area contributed by atoms with Gasteiger partial charge in [-0.15, -0.1) is 0 Å². The standard InChI is InChI=1S/C17H18BrNO2S/c1-13-11-16(9-10-17(13)18)22(20,21)19(15-7-8-15)12-14-5-3-2-4-6-14/h2-6,9-11,15H,7-8,12H2,1H3. The first-order valence-electron chi connectivity index (χ1n) is 7.30. The van der Waals surface area contributed by atoms with Crippen LogP contribution in [0.4, 0.5) is 0 Å². The van der Waals surface area contributed by atoms with Crippen LogP contribution >= 0.6 is 15.9 Å². The van der Waals surface area contributed by atoms with Crippen molar-refractivity contribution in [3.8, 4) is 0 Å². The van der Waals surface area contributed by atoms with Crippen molar-refractivity contribution in [2.75, 3.05) is 0 Å². The molecule has 0 aromatic heterocycles. The predicted octanol–water partition coefficient (Wildman–Crippen LogP) is 4.11. The lowest BCUT2D eigenvalue weighted by Crippen LogP contribution is -2.32. The summed E-state index contributed by atoms with van der Waals surface area (Å²) in [5.41, 5.74) is 1.95. The summed E-state index contributed by atoms with van der Waals surface area (Å²) in [6, 6.07) is 15.1. The van der Waals surface area contributed by atoms with Crippen molar-refractivity contribution in [3.63, 3.8) is 0 Å². The summed E-state index contributed by atoms with van der Waals surface area (Å²) in [6.07, 6.45) is 1.89. The van der Waals surface area contributed by atoms with Crippen molar-refractivity contribution in [2.24, 2.45) is 0 Å². The molecule has 3 nitrogen and oxygen atoms in total. The Bertz CT molecular complexity index is 771. The van der Waals surface area contributed by atoms with E-state index in [0.29, 0.717) is 11.4 Å². The molecule has 116 valence electrons. The number of sulfonamides is 1. The first-order chi connectivity index (χ1) is 10.5. The minimum absolute atomic E-state index is 0.133. The van der Waals surface area contributed by atoms with Gasteiger partial charge in [0.1, 0.15) is 0 Å². The summed E-state index contributed by atoms with van der Waals surface area (Å²) in [4.78, 5) is 0.371. The lowest BCUT2D eigenvalue weighted by Gasteiger charge is -2.22. The number of rotatable bonds is 5. The van der Waals surface area contributed by atoms with E-state index < -0.39 is 10.0 Å². The average molecular weight is 380 g/mol. The number of hydrogen-bond acceptors (Lipinski definition) is 2. The van der Waals surface area contributed by atoms with E-state index in [1.807, 2.05) is 37.3 Å². The van der Waals surface area contributed by atoms with E-state index in [-0.39, 0.29) is 6.04 Å². The molecule has 0 radical (unpaired) electrons. The van der Waals surface area contributed by atoms with Crippen molar-refractivity contribution in [1.29, 1.82) is 0 Å². The van der Waals surface area contributed by atoms with Gasteiger partial charge in [0.2, 0.25) is 10.0 Å². The van der Waals surface area contributed by atoms with Gasteiger partial charge in [0.15, 0.2) is 0 Å². The molecule has 1 saturated carbocycles. The Morgan fingerprint density at radius 3 is 2.41 bits per heavy atom. The predicted molar refractivity (Wildman–Crippen MR) is 91.1 cm³/mol. The number of nitrogens with zero attached hydrogens (tertiary/aromatic N) is 1. The van der Waals surface area contributed by atoms with Crippen LogP contribution in [0, 0.1) is 6.92 Å². The molecule has 1 aliphatic carbocycles. The molecular formula is C17H18BrNO2S. The van der Waals surface area contributed by atoms with E-state index in [2.05, 4.69) is 15.9 Å². The molecule has 0 bridgehead atoms.